The molecular formula is C24H19Cl3P2. The molecule has 0 amide bonds. The molecule has 0 aliphatic rings. The molecule has 3 aromatic carbocycles. The molecule has 0 saturated carbocycles. The molecular weight excluding hydrogens is 457 g/mol. The van der Waals surface area contributed by atoms with Gasteiger partial charge in [-0.25, -0.2) is 0 Å². The average Bonchev–Trinajstić information content (AvgIpc) is 3.09. The number of rotatable bonds is 5. The van der Waals surface area contributed by atoms with Crippen molar-refractivity contribution in [2.75, 3.05) is 0 Å². The first-order chi connectivity index (χ1) is 14.1. The highest BCUT2D eigenvalue weighted by Crippen LogP contribution is 2.62. The summed E-state index contributed by atoms with van der Waals surface area (Å²) in [6, 6.07) is 24.7. The van der Waals surface area contributed by atoms with Crippen LogP contribution in [0.5, 0.6) is 0 Å². The Labute approximate surface area is 189 Å². The standard InChI is InChI=1S/C24H19Cl3P2/c1-2-15-29-24(18-7-13-21(27)14-8-18)22(16-3-9-19(25)10-4-16)23(28-29)17-5-11-20(26)12-6-17/h3-14H,2,15H2,1H3. The van der Waals surface area contributed by atoms with Gasteiger partial charge in [-0.1, -0.05) is 85.3 Å². The minimum atomic E-state index is -0.330. The topological polar surface area (TPSA) is 0 Å². The molecule has 0 nitrogen and oxygen atoms in total. The highest BCUT2D eigenvalue weighted by atomic mass is 35.5. The molecule has 0 aliphatic heterocycles. The summed E-state index contributed by atoms with van der Waals surface area (Å²) >= 11 is 18.5. The third kappa shape index (κ3) is 4.59. The summed E-state index contributed by atoms with van der Waals surface area (Å²) in [6.07, 6.45) is 2.36. The highest BCUT2D eigenvalue weighted by molar-refractivity contribution is 8.03. The molecule has 0 spiro atoms. The normalized spacial score (nSPS) is 11.9. The molecule has 0 saturated heterocycles. The zero-order chi connectivity index (χ0) is 20.4. The van der Waals surface area contributed by atoms with Gasteiger partial charge < -0.3 is 0 Å². The summed E-state index contributed by atoms with van der Waals surface area (Å²) in [5.74, 6) is 0. The molecule has 4 aromatic rings. The van der Waals surface area contributed by atoms with E-state index in [1.54, 1.807) is 0 Å². The van der Waals surface area contributed by atoms with E-state index in [9.17, 15) is 0 Å². The van der Waals surface area contributed by atoms with Gasteiger partial charge in [-0.2, -0.15) is 0 Å². The number of aryl methyl sites for hydroxylation is 1. The van der Waals surface area contributed by atoms with Crippen molar-refractivity contribution >= 4 is 49.9 Å². The summed E-state index contributed by atoms with van der Waals surface area (Å²) in [6.45, 7) is 2.26. The Morgan fingerprint density at radius 1 is 0.655 bits per heavy atom. The lowest BCUT2D eigenvalue weighted by molar-refractivity contribution is 1.04. The van der Waals surface area contributed by atoms with E-state index < -0.39 is 0 Å². The zero-order valence-corrected chi connectivity index (χ0v) is 19.9. The van der Waals surface area contributed by atoms with E-state index in [1.165, 1.54) is 46.9 Å². The molecule has 1 unspecified atom stereocenters. The van der Waals surface area contributed by atoms with Crippen molar-refractivity contribution in [1.29, 1.82) is 0 Å². The third-order valence-electron chi connectivity index (χ3n) is 4.76. The summed E-state index contributed by atoms with van der Waals surface area (Å²) in [7, 11) is 1.06. The van der Waals surface area contributed by atoms with Crippen LogP contribution in [0.1, 0.15) is 13.3 Å². The Morgan fingerprint density at radius 2 is 1.10 bits per heavy atom. The first kappa shape index (κ1) is 21.0. The molecule has 0 N–H and O–H groups in total. The molecule has 1 heterocycles. The first-order valence-corrected chi connectivity index (χ1v) is 13.7. The van der Waals surface area contributed by atoms with E-state index in [0.717, 1.165) is 21.5 Å². The van der Waals surface area contributed by atoms with Crippen molar-refractivity contribution in [2.45, 2.75) is 19.5 Å². The van der Waals surface area contributed by atoms with Crippen LogP contribution in [0.3, 0.4) is 0 Å². The van der Waals surface area contributed by atoms with Crippen molar-refractivity contribution in [3.05, 3.63) is 87.9 Å². The lowest BCUT2D eigenvalue weighted by Crippen LogP contribution is -1.84. The fraction of sp³-hybridized carbons (Fsp3) is 0.125. The molecule has 4 rings (SSSR count). The first-order valence-electron chi connectivity index (χ1n) is 9.45. The maximum Gasteiger partial charge on any atom is 0.0406 e. The van der Waals surface area contributed by atoms with Crippen LogP contribution in [0.15, 0.2) is 72.8 Å². The van der Waals surface area contributed by atoms with Crippen LogP contribution in [0.4, 0.5) is 0 Å². The molecule has 1 atom stereocenters. The minimum absolute atomic E-state index is 0.330. The number of hydrogen-bond donors (Lipinski definition) is 0. The molecule has 29 heavy (non-hydrogen) atoms. The fourth-order valence-corrected chi connectivity index (χ4v) is 9.76. The SMILES string of the molecule is CCCp1pc(-c2ccc(Cl)cc2)c(-c2ccc(Cl)cc2)c1-c1ccc(Cl)cc1. The largest absolute Gasteiger partial charge is 0.0867 e. The van der Waals surface area contributed by atoms with E-state index in [-0.39, 0.29) is 7.21 Å². The van der Waals surface area contributed by atoms with Gasteiger partial charge in [0.15, 0.2) is 0 Å². The summed E-state index contributed by atoms with van der Waals surface area (Å²) < 4.78 is 0. The predicted octanol–water partition coefficient (Wildman–Crippen LogP) is 10.6. The maximum absolute atomic E-state index is 6.19. The van der Waals surface area contributed by atoms with Crippen LogP contribution < -0.4 is 0 Å². The van der Waals surface area contributed by atoms with Gasteiger partial charge in [-0.05, 0) is 73.5 Å². The van der Waals surface area contributed by atoms with Crippen LogP contribution in [0.2, 0.25) is 15.1 Å². The van der Waals surface area contributed by atoms with Gasteiger partial charge in [-0.3, -0.25) is 0 Å². The Balaban J connectivity index is 2.02. The van der Waals surface area contributed by atoms with Crippen LogP contribution in [-0.2, 0) is 6.16 Å². The van der Waals surface area contributed by atoms with Crippen LogP contribution >= 0.6 is 49.9 Å². The molecule has 0 bridgehead atoms. The van der Waals surface area contributed by atoms with Gasteiger partial charge in [0.05, 0.1) is 0 Å². The van der Waals surface area contributed by atoms with Gasteiger partial charge in [0.1, 0.15) is 0 Å². The molecule has 1 aromatic heterocycles. The van der Waals surface area contributed by atoms with Crippen molar-refractivity contribution in [1.82, 2.24) is 0 Å². The lowest BCUT2D eigenvalue weighted by atomic mass is 9.98. The Bertz CT molecular complexity index is 1110. The fourth-order valence-electron chi connectivity index (χ4n) is 3.44. The predicted molar refractivity (Wildman–Crippen MR) is 133 cm³/mol. The molecule has 0 aliphatic carbocycles. The van der Waals surface area contributed by atoms with E-state index in [2.05, 4.69) is 43.3 Å². The molecule has 0 radical (unpaired) electrons. The monoisotopic (exact) mass is 474 g/mol. The molecule has 0 fully saturated rings. The van der Waals surface area contributed by atoms with Crippen molar-refractivity contribution in [3.63, 3.8) is 0 Å². The van der Waals surface area contributed by atoms with Crippen LogP contribution in [0, 0.1) is 0 Å². The van der Waals surface area contributed by atoms with Gasteiger partial charge >= 0.3 is 0 Å². The average molecular weight is 476 g/mol. The molecule has 5 heteroatoms. The van der Waals surface area contributed by atoms with E-state index in [1.807, 2.05) is 36.4 Å². The third-order valence-corrected chi connectivity index (χ3v) is 10.8. The summed E-state index contributed by atoms with van der Waals surface area (Å²) in [5, 5.41) is 5.09. The van der Waals surface area contributed by atoms with Crippen molar-refractivity contribution in [2.24, 2.45) is 0 Å². The number of benzene rings is 3. The van der Waals surface area contributed by atoms with E-state index in [4.69, 9.17) is 34.8 Å². The summed E-state index contributed by atoms with van der Waals surface area (Å²) in [4.78, 5) is 0. The highest BCUT2D eigenvalue weighted by Gasteiger charge is 2.21. The van der Waals surface area contributed by atoms with Gasteiger partial charge in [0, 0.05) is 31.2 Å². The van der Waals surface area contributed by atoms with E-state index >= 15 is 0 Å². The number of hydrogen-bond acceptors (Lipinski definition) is 0. The molecule has 146 valence electrons. The Morgan fingerprint density at radius 3 is 1.59 bits per heavy atom. The maximum atomic E-state index is 6.19. The second kappa shape index (κ2) is 9.26. The second-order valence-corrected chi connectivity index (χ2v) is 12.5. The van der Waals surface area contributed by atoms with Crippen LogP contribution in [0.25, 0.3) is 32.8 Å². The quantitative estimate of drug-likeness (QED) is 0.269. The Hall–Kier alpha value is -1.26. The van der Waals surface area contributed by atoms with Crippen molar-refractivity contribution < 1.29 is 0 Å². The van der Waals surface area contributed by atoms with E-state index in [0.29, 0.717) is 0 Å². The van der Waals surface area contributed by atoms with Crippen molar-refractivity contribution in [3.8, 4) is 32.8 Å². The zero-order valence-electron chi connectivity index (χ0n) is 15.9. The lowest BCUT2D eigenvalue weighted by Gasteiger charge is -2.11. The van der Waals surface area contributed by atoms with Crippen LogP contribution in [-0.4, -0.2) is 0 Å². The van der Waals surface area contributed by atoms with Gasteiger partial charge in [0.25, 0.3) is 0 Å². The van der Waals surface area contributed by atoms with Gasteiger partial charge in [0.2, 0.25) is 0 Å². The summed E-state index contributed by atoms with van der Waals surface area (Å²) in [5.41, 5.74) is 5.02. The number of halogens is 3. The minimum Gasteiger partial charge on any atom is -0.0867 e. The van der Waals surface area contributed by atoms with Gasteiger partial charge in [-0.15, -0.1) is 0 Å². The second-order valence-electron chi connectivity index (χ2n) is 6.82. The Kier molecular flexibility index (Phi) is 6.70. The smallest absolute Gasteiger partial charge is 0.0406 e.